The highest BCUT2D eigenvalue weighted by Crippen LogP contribution is 2.36. The fourth-order valence-corrected chi connectivity index (χ4v) is 5.93. The summed E-state index contributed by atoms with van der Waals surface area (Å²) in [6, 6.07) is 11.0. The molecule has 2 fully saturated rings. The average Bonchev–Trinajstić information content (AvgIpc) is 3.53. The van der Waals surface area contributed by atoms with Crippen molar-refractivity contribution in [3.8, 4) is 11.5 Å². The summed E-state index contributed by atoms with van der Waals surface area (Å²) in [6.07, 6.45) is 4.17. The van der Waals surface area contributed by atoms with Crippen molar-refractivity contribution >= 4 is 51.7 Å². The van der Waals surface area contributed by atoms with Crippen LogP contribution in [-0.2, 0) is 16.1 Å². The maximum atomic E-state index is 13.5. The number of amides is 1. The number of carbonyl (C=O) groups is 1. The molecular formula is C27H27N5O5S2. The van der Waals surface area contributed by atoms with E-state index in [4.69, 9.17) is 31.4 Å². The van der Waals surface area contributed by atoms with E-state index in [0.29, 0.717) is 50.8 Å². The first kappa shape index (κ1) is 25.8. The highest BCUT2D eigenvalue weighted by Gasteiger charge is 2.33. The number of thioether (sulfide) groups is 1. The summed E-state index contributed by atoms with van der Waals surface area (Å²) in [5, 5.41) is 3.34. The summed E-state index contributed by atoms with van der Waals surface area (Å²) < 4.78 is 18.2. The average molecular weight is 566 g/mol. The predicted molar refractivity (Wildman–Crippen MR) is 153 cm³/mol. The van der Waals surface area contributed by atoms with Crippen LogP contribution in [0.25, 0.3) is 11.7 Å². The fraction of sp³-hybridized carbons (Fsp3) is 0.333. The minimum atomic E-state index is -0.252. The minimum absolute atomic E-state index is 0.182. The van der Waals surface area contributed by atoms with E-state index in [2.05, 4.69) is 10.2 Å². The van der Waals surface area contributed by atoms with Crippen molar-refractivity contribution in [3.05, 3.63) is 69.0 Å². The largest absolute Gasteiger partial charge is 0.454 e. The van der Waals surface area contributed by atoms with Crippen molar-refractivity contribution < 1.29 is 19.0 Å². The van der Waals surface area contributed by atoms with Crippen molar-refractivity contribution in [2.45, 2.75) is 13.0 Å². The summed E-state index contributed by atoms with van der Waals surface area (Å²) in [7, 11) is 0. The van der Waals surface area contributed by atoms with Crippen LogP contribution in [0.3, 0.4) is 0 Å². The van der Waals surface area contributed by atoms with Gasteiger partial charge in [0, 0.05) is 25.8 Å². The smallest absolute Gasteiger partial charge is 0.267 e. The monoisotopic (exact) mass is 565 g/mol. The number of aromatic nitrogens is 2. The third kappa shape index (κ3) is 5.50. The number of nitrogens with one attached hydrogen (secondary N) is 1. The van der Waals surface area contributed by atoms with E-state index in [9.17, 15) is 9.59 Å². The number of fused-ring (bicyclic) bond motifs is 2. The zero-order valence-corrected chi connectivity index (χ0v) is 22.8. The molecule has 0 atom stereocenters. The van der Waals surface area contributed by atoms with Gasteiger partial charge in [-0.15, -0.1) is 0 Å². The molecular weight excluding hydrogens is 538 g/mol. The van der Waals surface area contributed by atoms with Gasteiger partial charge in [0.1, 0.15) is 15.8 Å². The van der Waals surface area contributed by atoms with Gasteiger partial charge in [0.25, 0.3) is 11.5 Å². The molecule has 0 radical (unpaired) electrons. The van der Waals surface area contributed by atoms with Gasteiger partial charge < -0.3 is 19.5 Å². The van der Waals surface area contributed by atoms with E-state index in [1.807, 2.05) is 24.3 Å². The molecule has 1 N–H and O–H groups in total. The standard InChI is InChI=1S/C27H27N5O5S2/c33-25-19(15-22-26(34)32(27(38)39-22)16-18-5-6-20-21(14-18)37-17-36-20)24(29-23-4-1-2-9-31(23)25)28-7-3-8-30-10-12-35-13-11-30/h1-2,4-6,9,14-15,28H,3,7-8,10-13,16-17H2. The second-order valence-corrected chi connectivity index (χ2v) is 11.0. The minimum Gasteiger partial charge on any atom is -0.454 e. The molecule has 10 nitrogen and oxygen atoms in total. The topological polar surface area (TPSA) is 97.6 Å². The number of rotatable bonds is 8. The Bertz CT molecular complexity index is 1520. The molecule has 0 unspecified atom stereocenters. The molecule has 5 heterocycles. The molecule has 2 aromatic heterocycles. The molecule has 1 aromatic carbocycles. The molecule has 0 spiro atoms. The van der Waals surface area contributed by atoms with Gasteiger partial charge in [-0.1, -0.05) is 36.1 Å². The number of hydrogen-bond acceptors (Lipinski definition) is 10. The number of benzene rings is 1. The Balaban J connectivity index is 1.23. The zero-order valence-electron chi connectivity index (χ0n) is 21.1. The van der Waals surface area contributed by atoms with Gasteiger partial charge in [0.15, 0.2) is 11.5 Å². The molecule has 0 saturated carbocycles. The number of pyridine rings is 1. The van der Waals surface area contributed by atoms with Gasteiger partial charge in [-0.05, 0) is 48.9 Å². The summed E-state index contributed by atoms with van der Waals surface area (Å²) in [5.74, 6) is 1.53. The number of ether oxygens (including phenoxy) is 3. The van der Waals surface area contributed by atoms with Gasteiger partial charge in [0.05, 0.1) is 30.2 Å². The van der Waals surface area contributed by atoms with Crippen LogP contribution in [0.5, 0.6) is 11.5 Å². The number of nitrogens with zero attached hydrogens (tertiary/aromatic N) is 4. The molecule has 3 aromatic rings. The van der Waals surface area contributed by atoms with Gasteiger partial charge in [-0.3, -0.25) is 23.8 Å². The van der Waals surface area contributed by atoms with Crippen LogP contribution in [0.15, 0.2) is 52.3 Å². The lowest BCUT2D eigenvalue weighted by Gasteiger charge is -2.26. The van der Waals surface area contributed by atoms with Crippen LogP contribution in [0.1, 0.15) is 17.5 Å². The molecule has 39 heavy (non-hydrogen) atoms. The first-order valence-electron chi connectivity index (χ1n) is 12.8. The van der Waals surface area contributed by atoms with Gasteiger partial charge in [0.2, 0.25) is 6.79 Å². The Kier molecular flexibility index (Phi) is 7.51. The number of carbonyl (C=O) groups excluding carboxylic acids is 1. The van der Waals surface area contributed by atoms with Crippen molar-refractivity contribution in [1.82, 2.24) is 19.2 Å². The van der Waals surface area contributed by atoms with Crippen molar-refractivity contribution in [2.24, 2.45) is 0 Å². The Morgan fingerprint density at radius 1 is 1.10 bits per heavy atom. The lowest BCUT2D eigenvalue weighted by Crippen LogP contribution is -2.37. The molecule has 1 amide bonds. The third-order valence-corrected chi connectivity index (χ3v) is 8.12. The highest BCUT2D eigenvalue weighted by molar-refractivity contribution is 8.26. The summed E-state index contributed by atoms with van der Waals surface area (Å²) in [5.41, 5.74) is 1.48. The maximum Gasteiger partial charge on any atom is 0.267 e. The molecule has 6 rings (SSSR count). The van der Waals surface area contributed by atoms with Crippen LogP contribution in [0.2, 0.25) is 0 Å². The van der Waals surface area contributed by atoms with Crippen LogP contribution < -0.4 is 20.3 Å². The Morgan fingerprint density at radius 3 is 2.82 bits per heavy atom. The summed E-state index contributed by atoms with van der Waals surface area (Å²) >= 11 is 6.72. The van der Waals surface area contributed by atoms with E-state index in [1.165, 1.54) is 21.1 Å². The summed E-state index contributed by atoms with van der Waals surface area (Å²) in [6.45, 7) is 5.40. The number of hydrogen-bond donors (Lipinski definition) is 1. The lowest BCUT2D eigenvalue weighted by molar-refractivity contribution is -0.122. The first-order valence-corrected chi connectivity index (χ1v) is 14.0. The predicted octanol–water partition coefficient (Wildman–Crippen LogP) is 2.96. The third-order valence-electron chi connectivity index (χ3n) is 6.74. The quantitative estimate of drug-likeness (QED) is 0.249. The van der Waals surface area contributed by atoms with Crippen LogP contribution in [0.4, 0.5) is 5.82 Å². The number of morpholine rings is 1. The Labute approximate surface area is 234 Å². The van der Waals surface area contributed by atoms with Gasteiger partial charge >= 0.3 is 0 Å². The van der Waals surface area contributed by atoms with Crippen LogP contribution in [0, 0.1) is 0 Å². The second-order valence-electron chi connectivity index (χ2n) is 9.30. The van der Waals surface area contributed by atoms with E-state index in [0.717, 1.165) is 44.8 Å². The zero-order chi connectivity index (χ0) is 26.8. The van der Waals surface area contributed by atoms with E-state index >= 15 is 0 Å². The number of thiocarbonyl (C=S) groups is 1. The normalized spacial score (nSPS) is 18.5. The molecule has 3 aliphatic heterocycles. The number of anilines is 1. The second kappa shape index (κ2) is 11.3. The Hall–Kier alpha value is -3.45. The van der Waals surface area contributed by atoms with Crippen molar-refractivity contribution in [2.75, 3.05) is 51.5 Å². The lowest BCUT2D eigenvalue weighted by atomic mass is 10.2. The van der Waals surface area contributed by atoms with Crippen molar-refractivity contribution in [1.29, 1.82) is 0 Å². The molecule has 12 heteroatoms. The molecule has 3 aliphatic rings. The van der Waals surface area contributed by atoms with Gasteiger partial charge in [-0.2, -0.15) is 0 Å². The fourth-order valence-electron chi connectivity index (χ4n) is 4.69. The van der Waals surface area contributed by atoms with E-state index in [1.54, 1.807) is 24.4 Å². The molecule has 2 saturated heterocycles. The molecule has 202 valence electrons. The molecule has 0 bridgehead atoms. The van der Waals surface area contributed by atoms with E-state index < -0.39 is 0 Å². The Morgan fingerprint density at radius 2 is 1.95 bits per heavy atom. The SMILES string of the molecule is O=C1C(=Cc2c(NCCCN3CCOCC3)nc3ccccn3c2=O)SC(=S)N1Cc1ccc2c(c1)OCO2. The maximum absolute atomic E-state index is 13.5. The van der Waals surface area contributed by atoms with Crippen molar-refractivity contribution in [3.63, 3.8) is 0 Å². The highest BCUT2D eigenvalue weighted by atomic mass is 32.2. The molecule has 0 aliphatic carbocycles. The van der Waals surface area contributed by atoms with E-state index in [-0.39, 0.29) is 18.3 Å². The first-order chi connectivity index (χ1) is 19.1. The van der Waals surface area contributed by atoms with Crippen LogP contribution >= 0.6 is 24.0 Å². The van der Waals surface area contributed by atoms with Gasteiger partial charge in [-0.25, -0.2) is 4.98 Å². The van der Waals surface area contributed by atoms with Crippen LogP contribution in [-0.4, -0.2) is 75.6 Å². The summed E-state index contributed by atoms with van der Waals surface area (Å²) in [4.78, 5) is 35.9.